The van der Waals surface area contributed by atoms with E-state index in [0.717, 1.165) is 20.8 Å². The molecule has 0 bridgehead atoms. The van der Waals surface area contributed by atoms with Crippen LogP contribution in [0.2, 0.25) is 0 Å². The second kappa shape index (κ2) is 4.31. The lowest BCUT2D eigenvalue weighted by Crippen LogP contribution is -1.96. The van der Waals surface area contributed by atoms with Gasteiger partial charge in [-0.2, -0.15) is 0 Å². The maximum absolute atomic E-state index is 10.7. The number of carboxylic acids is 1. The smallest absolute Gasteiger partial charge is 0.308 e. The molecule has 2 N–H and O–H groups in total. The molecule has 90 valence electrons. The van der Waals surface area contributed by atoms with Crippen molar-refractivity contribution in [1.82, 2.24) is 4.98 Å². The number of thiophene rings is 1. The Kier molecular flexibility index (Phi) is 2.64. The minimum Gasteiger partial charge on any atom is -0.481 e. The first-order valence-corrected chi connectivity index (χ1v) is 6.42. The lowest BCUT2D eigenvalue weighted by atomic mass is 10.1. The van der Waals surface area contributed by atoms with E-state index in [1.54, 1.807) is 0 Å². The molecule has 18 heavy (non-hydrogen) atoms. The fourth-order valence-corrected chi connectivity index (χ4v) is 3.11. The van der Waals surface area contributed by atoms with Crippen molar-refractivity contribution >= 4 is 28.2 Å². The van der Waals surface area contributed by atoms with Crippen molar-refractivity contribution in [3.63, 3.8) is 0 Å². The van der Waals surface area contributed by atoms with E-state index in [2.05, 4.69) is 11.1 Å². The maximum Gasteiger partial charge on any atom is 0.308 e. The lowest BCUT2D eigenvalue weighted by molar-refractivity contribution is -0.136. The summed E-state index contributed by atoms with van der Waals surface area (Å²) in [5.41, 5.74) is 2.25. The van der Waals surface area contributed by atoms with E-state index in [4.69, 9.17) is 5.11 Å². The van der Waals surface area contributed by atoms with E-state index < -0.39 is 5.97 Å². The van der Waals surface area contributed by atoms with Crippen LogP contribution in [0.25, 0.3) is 21.3 Å². The molecule has 0 unspecified atom stereocenters. The number of aromatic nitrogens is 1. The summed E-state index contributed by atoms with van der Waals surface area (Å²) in [5, 5.41) is 9.95. The lowest BCUT2D eigenvalue weighted by Gasteiger charge is -1.99. The van der Waals surface area contributed by atoms with E-state index in [1.807, 2.05) is 36.5 Å². The molecule has 0 radical (unpaired) electrons. The van der Waals surface area contributed by atoms with Crippen LogP contribution in [0.3, 0.4) is 0 Å². The molecule has 0 spiro atoms. The zero-order valence-corrected chi connectivity index (χ0v) is 10.3. The van der Waals surface area contributed by atoms with Gasteiger partial charge in [-0.25, -0.2) is 0 Å². The van der Waals surface area contributed by atoms with E-state index in [1.165, 1.54) is 16.7 Å². The highest BCUT2D eigenvalue weighted by atomic mass is 32.1. The molecule has 2 aromatic heterocycles. The van der Waals surface area contributed by atoms with Crippen molar-refractivity contribution in [2.24, 2.45) is 0 Å². The molecular formula is C14H11NO2S. The molecule has 4 heteroatoms. The van der Waals surface area contributed by atoms with E-state index in [0.29, 0.717) is 0 Å². The summed E-state index contributed by atoms with van der Waals surface area (Å²) >= 11 is 1.54. The average molecular weight is 257 g/mol. The molecule has 0 aliphatic carbocycles. The Hall–Kier alpha value is -2.07. The molecule has 2 heterocycles. The van der Waals surface area contributed by atoms with Gasteiger partial charge >= 0.3 is 5.97 Å². The number of carbonyl (C=O) groups is 1. The van der Waals surface area contributed by atoms with Crippen molar-refractivity contribution in [2.75, 3.05) is 0 Å². The number of aliphatic carboxylic acids is 1. The fraction of sp³-hybridized carbons (Fsp3) is 0.0714. The van der Waals surface area contributed by atoms with Crippen LogP contribution in [0.1, 0.15) is 4.88 Å². The summed E-state index contributed by atoms with van der Waals surface area (Å²) in [6.07, 6.45) is 2.01. The molecule has 3 nitrogen and oxygen atoms in total. The van der Waals surface area contributed by atoms with E-state index in [-0.39, 0.29) is 6.42 Å². The predicted octanol–water partition coefficient (Wildman–Crippen LogP) is 3.52. The quantitative estimate of drug-likeness (QED) is 0.754. The third-order valence-electron chi connectivity index (χ3n) is 2.85. The largest absolute Gasteiger partial charge is 0.481 e. The minimum atomic E-state index is -0.789. The number of rotatable bonds is 3. The molecule has 0 amide bonds. The van der Waals surface area contributed by atoms with Gasteiger partial charge in [-0.05, 0) is 24.3 Å². The predicted molar refractivity (Wildman–Crippen MR) is 73.0 cm³/mol. The van der Waals surface area contributed by atoms with Gasteiger partial charge in [0.05, 0.1) is 6.42 Å². The summed E-state index contributed by atoms with van der Waals surface area (Å²) in [4.78, 5) is 15.9. The Labute approximate surface area is 108 Å². The minimum absolute atomic E-state index is 0.0911. The second-order valence-electron chi connectivity index (χ2n) is 4.08. The van der Waals surface area contributed by atoms with Gasteiger partial charge in [-0.15, -0.1) is 11.3 Å². The van der Waals surface area contributed by atoms with Crippen molar-refractivity contribution in [3.8, 4) is 10.4 Å². The molecule has 3 rings (SSSR count). The normalized spacial score (nSPS) is 10.9. The van der Waals surface area contributed by atoms with Gasteiger partial charge in [-0.3, -0.25) is 4.79 Å². The number of fused-ring (bicyclic) bond motifs is 1. The summed E-state index contributed by atoms with van der Waals surface area (Å²) < 4.78 is 0. The van der Waals surface area contributed by atoms with Gasteiger partial charge in [0.25, 0.3) is 0 Å². The highest BCUT2D eigenvalue weighted by Gasteiger charge is 2.09. The summed E-state index contributed by atoms with van der Waals surface area (Å²) in [6, 6.07) is 12.0. The van der Waals surface area contributed by atoms with Crippen molar-refractivity contribution in [1.29, 1.82) is 0 Å². The van der Waals surface area contributed by atoms with Crippen molar-refractivity contribution in [2.45, 2.75) is 6.42 Å². The monoisotopic (exact) mass is 257 g/mol. The van der Waals surface area contributed by atoms with Crippen LogP contribution in [0.15, 0.2) is 42.6 Å². The standard InChI is InChI=1S/C14H11NO2S/c16-14(17)8-9-4-5-13(18-9)11-2-1-3-12-10(11)6-7-15-12/h1-7,15H,8H2,(H,16,17). The third kappa shape index (κ3) is 1.91. The Morgan fingerprint density at radius 3 is 2.94 bits per heavy atom. The SMILES string of the molecule is O=C(O)Cc1ccc(-c2cccc3[nH]ccc23)s1. The van der Waals surface area contributed by atoms with Gasteiger partial charge in [-0.1, -0.05) is 12.1 Å². The van der Waals surface area contributed by atoms with Crippen LogP contribution in [-0.4, -0.2) is 16.1 Å². The Bertz CT molecular complexity index is 711. The summed E-state index contributed by atoms with van der Waals surface area (Å²) in [5.74, 6) is -0.789. The van der Waals surface area contributed by atoms with Crippen LogP contribution in [0.4, 0.5) is 0 Å². The van der Waals surface area contributed by atoms with Crippen LogP contribution >= 0.6 is 11.3 Å². The fourth-order valence-electron chi connectivity index (χ4n) is 2.07. The summed E-state index contributed by atoms with van der Waals surface area (Å²) in [6.45, 7) is 0. The molecule has 0 aliphatic rings. The van der Waals surface area contributed by atoms with Gasteiger partial charge < -0.3 is 10.1 Å². The summed E-state index contributed by atoms with van der Waals surface area (Å²) in [7, 11) is 0. The van der Waals surface area contributed by atoms with Crippen molar-refractivity contribution < 1.29 is 9.90 Å². The molecule has 3 aromatic rings. The number of H-pyrrole nitrogens is 1. The van der Waals surface area contributed by atoms with Gasteiger partial charge in [0.15, 0.2) is 0 Å². The van der Waals surface area contributed by atoms with Crippen molar-refractivity contribution in [3.05, 3.63) is 47.5 Å². The van der Waals surface area contributed by atoms with E-state index in [9.17, 15) is 4.79 Å². The molecule has 1 aromatic carbocycles. The Morgan fingerprint density at radius 1 is 1.22 bits per heavy atom. The highest BCUT2D eigenvalue weighted by Crippen LogP contribution is 2.33. The number of hydrogen-bond acceptors (Lipinski definition) is 2. The average Bonchev–Trinajstić information content (AvgIpc) is 2.95. The number of benzene rings is 1. The zero-order valence-electron chi connectivity index (χ0n) is 9.51. The Morgan fingerprint density at radius 2 is 2.11 bits per heavy atom. The van der Waals surface area contributed by atoms with E-state index >= 15 is 0 Å². The first-order valence-electron chi connectivity index (χ1n) is 5.61. The van der Waals surface area contributed by atoms with Gasteiger partial charge in [0.2, 0.25) is 0 Å². The van der Waals surface area contributed by atoms with Crippen LogP contribution in [0.5, 0.6) is 0 Å². The van der Waals surface area contributed by atoms with Crippen LogP contribution in [0, 0.1) is 0 Å². The topological polar surface area (TPSA) is 53.1 Å². The molecule has 0 fully saturated rings. The van der Waals surface area contributed by atoms with Gasteiger partial charge in [0, 0.05) is 32.4 Å². The molecule has 0 atom stereocenters. The highest BCUT2D eigenvalue weighted by molar-refractivity contribution is 7.15. The second-order valence-corrected chi connectivity index (χ2v) is 5.25. The molecular weight excluding hydrogens is 246 g/mol. The first kappa shape index (κ1) is 11.0. The maximum atomic E-state index is 10.7. The third-order valence-corrected chi connectivity index (χ3v) is 3.97. The Balaban J connectivity index is 2.06. The number of aromatic amines is 1. The zero-order chi connectivity index (χ0) is 12.5. The molecule has 0 aliphatic heterocycles. The molecule has 0 saturated heterocycles. The van der Waals surface area contributed by atoms with Crippen LogP contribution < -0.4 is 0 Å². The first-order chi connectivity index (χ1) is 8.74. The number of carboxylic acid groups (broad SMARTS) is 1. The molecule has 0 saturated carbocycles. The number of nitrogens with one attached hydrogen (secondary N) is 1. The van der Waals surface area contributed by atoms with Crippen LogP contribution in [-0.2, 0) is 11.2 Å². The van der Waals surface area contributed by atoms with Gasteiger partial charge in [0.1, 0.15) is 0 Å². The number of hydrogen-bond donors (Lipinski definition) is 2.